The first-order chi connectivity index (χ1) is 34.1. The van der Waals surface area contributed by atoms with Crippen LogP contribution in [-0.4, -0.2) is 112 Å². The highest BCUT2D eigenvalue weighted by molar-refractivity contribution is 5.73. The lowest BCUT2D eigenvalue weighted by Crippen LogP contribution is -2.68. The third-order valence-corrected chi connectivity index (χ3v) is 15.4. The minimum absolute atomic E-state index is 0.0657. The molecular weight excluding hydrogens is 944 g/mol. The average molecular weight is 992 g/mol. The molecule has 26 heteroatoms. The van der Waals surface area contributed by atoms with Crippen molar-refractivity contribution in [3.63, 3.8) is 0 Å². The fourth-order valence-corrected chi connectivity index (χ4v) is 11.6. The third-order valence-electron chi connectivity index (χ3n) is 15.4. The van der Waals surface area contributed by atoms with Crippen molar-refractivity contribution >= 4 is 46.8 Å². The molecule has 8 atom stereocenters. The molecule has 1 aliphatic heterocycles. The number of anilines is 4. The van der Waals surface area contributed by atoms with E-state index >= 15 is 8.78 Å². The lowest BCUT2D eigenvalue weighted by atomic mass is 9.50. The van der Waals surface area contributed by atoms with Crippen LogP contribution in [0.3, 0.4) is 0 Å². The lowest BCUT2D eigenvalue weighted by Gasteiger charge is -2.61. The van der Waals surface area contributed by atoms with Crippen LogP contribution < -0.4 is 30.7 Å². The Bertz CT molecular complexity index is 3050. The van der Waals surface area contributed by atoms with Crippen LogP contribution in [0.25, 0.3) is 11.2 Å². The van der Waals surface area contributed by atoms with Crippen LogP contribution in [0.15, 0.2) is 42.9 Å². The van der Waals surface area contributed by atoms with E-state index in [9.17, 15) is 22.8 Å². The van der Waals surface area contributed by atoms with Gasteiger partial charge in [-0.15, -0.1) is 13.2 Å². The largest absolute Gasteiger partial charge is 0.574 e. The number of rotatable bonds is 15. The quantitative estimate of drug-likeness (QED) is 0.0490. The molecule has 9 fully saturated rings. The van der Waals surface area contributed by atoms with Gasteiger partial charge < -0.3 is 39.6 Å². The van der Waals surface area contributed by atoms with Crippen molar-refractivity contribution in [1.29, 1.82) is 0 Å². The van der Waals surface area contributed by atoms with E-state index < -0.39 is 61.0 Å². The molecular formula is C45H48F5N14O7+. The summed E-state index contributed by atoms with van der Waals surface area (Å²) in [5.41, 5.74) is 2.31. The SMILES string of the molecule is COCc1cc2c(Nc3cc([C@H]4CC[C@@H](OC(=O)NC56CC(C5)C6)[C@H]4F)[nH]n3)nc(C3CC3[n+]3[nH]c([C@H]4OC[C@@H](OC(=O)NC56CC(C5)C6)[C@@H]4F)cc3Nc3nccc4nc(OC(F)(F)F)cn34)cn2n1. The van der Waals surface area contributed by atoms with Gasteiger partial charge in [0.1, 0.15) is 35.6 Å². The van der Waals surface area contributed by atoms with Gasteiger partial charge in [-0.05, 0) is 69.3 Å². The molecule has 1 saturated heterocycles. The van der Waals surface area contributed by atoms with Gasteiger partial charge in [0.15, 0.2) is 23.9 Å². The van der Waals surface area contributed by atoms with Gasteiger partial charge in [-0.2, -0.15) is 19.9 Å². The number of nitrogens with one attached hydrogen (secondary N) is 6. The molecule has 6 N–H and O–H groups in total. The number of aromatic nitrogens is 10. The van der Waals surface area contributed by atoms with Gasteiger partial charge in [0.25, 0.3) is 0 Å². The van der Waals surface area contributed by atoms with Crippen molar-refractivity contribution < 1.29 is 59.9 Å². The highest BCUT2D eigenvalue weighted by Crippen LogP contribution is 2.58. The Hall–Kier alpha value is -6.83. The predicted molar refractivity (Wildman–Crippen MR) is 233 cm³/mol. The van der Waals surface area contributed by atoms with E-state index in [4.69, 9.17) is 29.0 Å². The molecule has 0 radical (unpaired) electrons. The minimum atomic E-state index is -4.99. The number of alkyl carbamates (subject to hydrolysis) is 2. The number of alkyl halides is 5. The molecule has 71 heavy (non-hydrogen) atoms. The van der Waals surface area contributed by atoms with Crippen LogP contribution in [0.1, 0.15) is 105 Å². The molecule has 9 aliphatic rings. The number of ether oxygens (including phenoxy) is 5. The average Bonchev–Trinajstić information content (AvgIpc) is 3.90. The molecule has 2 amide bonds. The predicted octanol–water partition coefficient (Wildman–Crippen LogP) is 6.29. The molecule has 0 spiro atoms. The Morgan fingerprint density at radius 3 is 2.37 bits per heavy atom. The first kappa shape index (κ1) is 44.1. The molecule has 15 rings (SSSR count). The van der Waals surface area contributed by atoms with Gasteiger partial charge in [0.05, 0.1) is 48.8 Å². The van der Waals surface area contributed by atoms with Crippen molar-refractivity contribution in [2.24, 2.45) is 11.8 Å². The molecule has 4 bridgehead atoms. The second-order valence-corrected chi connectivity index (χ2v) is 20.4. The number of methoxy groups -OCH3 is 1. The van der Waals surface area contributed by atoms with Gasteiger partial charge in [-0.1, -0.05) is 0 Å². The zero-order valence-electron chi connectivity index (χ0n) is 37.9. The second-order valence-electron chi connectivity index (χ2n) is 20.4. The number of aromatic amines is 2. The van der Waals surface area contributed by atoms with E-state index in [1.165, 1.54) is 16.7 Å². The zero-order chi connectivity index (χ0) is 48.6. The second kappa shape index (κ2) is 16.1. The fraction of sp³-hybridized carbons (Fsp3) is 0.556. The number of fused-ring (bicyclic) bond motifs is 2. The standard InChI is InChI=1S/C45H47F5N14O7/c1-67-18-22-6-29-39(53-32-8-25(58-59-32)23-2-3-30(36(23)46)69-41(65)56-43-10-20(11-43)12-43)52-27(16-63(29)60-22)24-7-28(24)64-34(55-40-51-5-4-33-54-35(17-62(33)40)71-45(48,49)50)9-26(61-64)38-37(47)31(19-68-38)70-42(66)57-44-13-21(14-44)15-44/h4-6,8-9,16-17,20-21,23-24,28,30-31,36-38H,2-3,7,10-15,18-19H2,1H3,(H5,51,52,53,54,55,56,57,58,59,60,61,65,66)/p+1/t20?,21?,23-,24?,28?,30-,31-,36+,37+,38-,43?,44?/m1/s1. The van der Waals surface area contributed by atoms with Crippen LogP contribution in [-0.2, 0) is 25.6 Å². The number of amides is 2. The molecule has 6 aromatic rings. The zero-order valence-corrected chi connectivity index (χ0v) is 37.9. The smallest absolute Gasteiger partial charge is 0.443 e. The van der Waals surface area contributed by atoms with E-state index in [1.807, 2.05) is 6.07 Å². The number of nitrogens with zero attached hydrogens (tertiary/aromatic N) is 8. The number of hydrogen-bond acceptors (Lipinski definition) is 14. The maximum absolute atomic E-state index is 16.3. The van der Waals surface area contributed by atoms with E-state index in [0.29, 0.717) is 71.2 Å². The molecule has 8 saturated carbocycles. The summed E-state index contributed by atoms with van der Waals surface area (Å²) in [4.78, 5) is 38.8. The number of halogens is 5. The number of imidazole rings is 1. The summed E-state index contributed by atoms with van der Waals surface area (Å²) >= 11 is 0. The number of carbonyl (C=O) groups excluding carboxylic acids is 2. The van der Waals surface area contributed by atoms with E-state index in [0.717, 1.165) is 44.7 Å². The van der Waals surface area contributed by atoms with Gasteiger partial charge in [-0.3, -0.25) is 5.10 Å². The minimum Gasteiger partial charge on any atom is -0.443 e. The van der Waals surface area contributed by atoms with Gasteiger partial charge in [0.2, 0.25) is 5.88 Å². The van der Waals surface area contributed by atoms with Crippen LogP contribution in [0.4, 0.5) is 54.9 Å². The Balaban J connectivity index is 0.765. The molecule has 6 aromatic heterocycles. The molecule has 8 aliphatic carbocycles. The summed E-state index contributed by atoms with van der Waals surface area (Å²) in [5.74, 6) is 0.890. The normalized spacial score (nSPS) is 32.1. The van der Waals surface area contributed by atoms with E-state index in [1.54, 1.807) is 34.6 Å². The summed E-state index contributed by atoms with van der Waals surface area (Å²) in [6, 6.07) is 6.20. The molecule has 0 aromatic carbocycles. The van der Waals surface area contributed by atoms with Crippen LogP contribution >= 0.6 is 0 Å². The van der Waals surface area contributed by atoms with Crippen molar-refractivity contribution in [2.45, 2.75) is 130 Å². The van der Waals surface area contributed by atoms with Crippen molar-refractivity contribution in [3.05, 3.63) is 65.6 Å². The van der Waals surface area contributed by atoms with Crippen molar-refractivity contribution in [1.82, 2.24) is 54.9 Å². The highest BCUT2D eigenvalue weighted by Gasteiger charge is 2.59. The van der Waals surface area contributed by atoms with E-state index in [2.05, 4.69) is 51.3 Å². The van der Waals surface area contributed by atoms with Crippen molar-refractivity contribution in [3.8, 4) is 5.88 Å². The van der Waals surface area contributed by atoms with Gasteiger partial charge in [0, 0.05) is 60.5 Å². The first-order valence-electron chi connectivity index (χ1n) is 23.7. The summed E-state index contributed by atoms with van der Waals surface area (Å²) < 4.78 is 103. The molecule has 21 nitrogen and oxygen atoms in total. The Labute approximate surface area is 398 Å². The van der Waals surface area contributed by atoms with Crippen molar-refractivity contribution in [2.75, 3.05) is 24.4 Å². The first-order valence-corrected chi connectivity index (χ1v) is 23.7. The summed E-state index contributed by atoms with van der Waals surface area (Å²) in [6.07, 6.45) is -1.69. The highest BCUT2D eigenvalue weighted by atomic mass is 19.4. The lowest BCUT2D eigenvalue weighted by molar-refractivity contribution is -0.742. The summed E-state index contributed by atoms with van der Waals surface area (Å²) in [5, 5.41) is 27.7. The summed E-state index contributed by atoms with van der Waals surface area (Å²) in [6.45, 7) is 0.0157. The molecule has 2 unspecified atom stereocenters. The van der Waals surface area contributed by atoms with E-state index in [-0.39, 0.29) is 53.5 Å². The Kier molecular flexibility index (Phi) is 10.0. The van der Waals surface area contributed by atoms with Crippen LogP contribution in [0.5, 0.6) is 5.88 Å². The fourth-order valence-electron chi connectivity index (χ4n) is 11.6. The third kappa shape index (κ3) is 7.97. The van der Waals surface area contributed by atoms with Gasteiger partial charge >= 0.3 is 30.3 Å². The number of hydrogen-bond donors (Lipinski definition) is 6. The number of H-pyrrole nitrogens is 2. The number of carbonyl (C=O) groups is 2. The topological polar surface area (TPSA) is 237 Å². The Morgan fingerprint density at radius 1 is 0.915 bits per heavy atom. The maximum atomic E-state index is 16.3. The monoisotopic (exact) mass is 991 g/mol. The molecule has 7 heterocycles. The molecule has 374 valence electrons. The van der Waals surface area contributed by atoms with Crippen LogP contribution in [0.2, 0.25) is 0 Å². The maximum Gasteiger partial charge on any atom is 0.574 e. The van der Waals surface area contributed by atoms with Gasteiger partial charge in [-0.25, -0.2) is 47.7 Å². The summed E-state index contributed by atoms with van der Waals surface area (Å²) in [7, 11) is 1.56. The van der Waals surface area contributed by atoms with Crippen LogP contribution in [0, 0.1) is 11.8 Å². The Morgan fingerprint density at radius 2 is 1.66 bits per heavy atom.